The van der Waals surface area contributed by atoms with E-state index < -0.39 is 0 Å². The molecule has 0 bridgehead atoms. The fraction of sp³-hybridized carbons (Fsp3) is 0.316. The van der Waals surface area contributed by atoms with Crippen LogP contribution in [0.25, 0.3) is 0 Å². The molecule has 0 radical (unpaired) electrons. The summed E-state index contributed by atoms with van der Waals surface area (Å²) in [7, 11) is 1.61. The number of rotatable bonds is 5. The number of hydrogen-bond donors (Lipinski definition) is 2. The van der Waals surface area contributed by atoms with E-state index in [0.717, 1.165) is 11.3 Å². The van der Waals surface area contributed by atoms with E-state index in [1.807, 2.05) is 36.4 Å². The molecule has 2 aromatic rings. The number of para-hydroxylation sites is 1. The normalized spacial score (nSPS) is 16.2. The third-order valence-electron chi connectivity index (χ3n) is 3.84. The number of amides is 1. The first-order chi connectivity index (χ1) is 11.6. The zero-order valence-electron chi connectivity index (χ0n) is 14.1. The summed E-state index contributed by atoms with van der Waals surface area (Å²) < 4.78 is 11.2. The molecule has 0 spiro atoms. The van der Waals surface area contributed by atoms with Gasteiger partial charge in [0.2, 0.25) is 0 Å². The number of methoxy groups -OCH3 is 1. The Hall–Kier alpha value is -2.69. The molecule has 126 valence electrons. The summed E-state index contributed by atoms with van der Waals surface area (Å²) in [5.74, 6) is 1.71. The SMILES string of the molecule is COc1cc([C@H]2NC(=O)c3ccccc3N2)ccc1OCC(C)C. The number of carbonyl (C=O) groups excluding carboxylic acids is 1. The first-order valence-corrected chi connectivity index (χ1v) is 8.05. The van der Waals surface area contributed by atoms with Crippen LogP contribution >= 0.6 is 0 Å². The molecule has 0 fully saturated rings. The van der Waals surface area contributed by atoms with Crippen LogP contribution in [0, 0.1) is 5.92 Å². The Morgan fingerprint density at radius 2 is 1.88 bits per heavy atom. The van der Waals surface area contributed by atoms with Gasteiger partial charge in [-0.1, -0.05) is 32.0 Å². The van der Waals surface area contributed by atoms with Gasteiger partial charge in [0, 0.05) is 5.69 Å². The number of benzene rings is 2. The lowest BCUT2D eigenvalue weighted by atomic mass is 10.1. The van der Waals surface area contributed by atoms with E-state index in [1.54, 1.807) is 13.2 Å². The van der Waals surface area contributed by atoms with Crippen LogP contribution in [0.4, 0.5) is 5.69 Å². The van der Waals surface area contributed by atoms with Gasteiger partial charge < -0.3 is 20.1 Å². The van der Waals surface area contributed by atoms with Gasteiger partial charge in [-0.05, 0) is 35.7 Å². The van der Waals surface area contributed by atoms with Crippen molar-refractivity contribution < 1.29 is 14.3 Å². The summed E-state index contributed by atoms with van der Waals surface area (Å²) in [5.41, 5.74) is 2.38. The molecule has 1 aliphatic heterocycles. The van der Waals surface area contributed by atoms with Crippen molar-refractivity contribution in [3.05, 3.63) is 53.6 Å². The van der Waals surface area contributed by atoms with Crippen molar-refractivity contribution in [1.29, 1.82) is 0 Å². The van der Waals surface area contributed by atoms with Crippen molar-refractivity contribution in [2.24, 2.45) is 5.92 Å². The van der Waals surface area contributed by atoms with Crippen molar-refractivity contribution in [3.63, 3.8) is 0 Å². The van der Waals surface area contributed by atoms with E-state index in [9.17, 15) is 4.79 Å². The third kappa shape index (κ3) is 3.30. The third-order valence-corrected chi connectivity index (χ3v) is 3.84. The Morgan fingerprint density at radius 3 is 2.62 bits per heavy atom. The molecule has 5 nitrogen and oxygen atoms in total. The van der Waals surface area contributed by atoms with E-state index >= 15 is 0 Å². The maximum Gasteiger partial charge on any atom is 0.255 e. The molecule has 24 heavy (non-hydrogen) atoms. The predicted octanol–water partition coefficient (Wildman–Crippen LogP) is 3.58. The zero-order chi connectivity index (χ0) is 17.1. The van der Waals surface area contributed by atoms with Crippen molar-refractivity contribution >= 4 is 11.6 Å². The molecule has 3 rings (SSSR count). The van der Waals surface area contributed by atoms with Gasteiger partial charge in [-0.2, -0.15) is 0 Å². The first kappa shape index (κ1) is 16.2. The highest BCUT2D eigenvalue weighted by atomic mass is 16.5. The van der Waals surface area contributed by atoms with Crippen LogP contribution in [0.1, 0.15) is 35.9 Å². The van der Waals surface area contributed by atoms with Gasteiger partial charge in [-0.3, -0.25) is 4.79 Å². The van der Waals surface area contributed by atoms with Crippen LogP contribution in [-0.4, -0.2) is 19.6 Å². The molecule has 0 saturated carbocycles. The highest BCUT2D eigenvalue weighted by Gasteiger charge is 2.24. The van der Waals surface area contributed by atoms with Crippen LogP contribution in [0.2, 0.25) is 0 Å². The Kier molecular flexibility index (Phi) is 4.60. The van der Waals surface area contributed by atoms with Crippen molar-refractivity contribution in [2.75, 3.05) is 19.0 Å². The average molecular weight is 326 g/mol. The summed E-state index contributed by atoms with van der Waals surface area (Å²) in [6, 6.07) is 13.2. The summed E-state index contributed by atoms with van der Waals surface area (Å²) in [4.78, 5) is 12.3. The number of nitrogens with one attached hydrogen (secondary N) is 2. The number of anilines is 1. The Bertz CT molecular complexity index is 743. The smallest absolute Gasteiger partial charge is 0.255 e. The lowest BCUT2D eigenvalue weighted by molar-refractivity contribution is 0.0935. The maximum atomic E-state index is 12.3. The highest BCUT2D eigenvalue weighted by molar-refractivity contribution is 6.01. The van der Waals surface area contributed by atoms with Crippen molar-refractivity contribution in [1.82, 2.24) is 5.32 Å². The minimum Gasteiger partial charge on any atom is -0.493 e. The van der Waals surface area contributed by atoms with Crippen LogP contribution < -0.4 is 20.1 Å². The number of hydrogen-bond acceptors (Lipinski definition) is 4. The monoisotopic (exact) mass is 326 g/mol. The van der Waals surface area contributed by atoms with Gasteiger partial charge in [0.05, 0.1) is 19.3 Å². The van der Waals surface area contributed by atoms with Crippen LogP contribution in [0.3, 0.4) is 0 Å². The average Bonchev–Trinajstić information content (AvgIpc) is 2.59. The maximum absolute atomic E-state index is 12.3. The Labute approximate surface area is 142 Å². The predicted molar refractivity (Wildman–Crippen MR) is 93.6 cm³/mol. The quantitative estimate of drug-likeness (QED) is 0.881. The largest absolute Gasteiger partial charge is 0.493 e. The standard InChI is InChI=1S/C19H22N2O3/c1-12(2)11-24-16-9-8-13(10-17(16)23-3)18-20-15-7-5-4-6-14(15)19(22)21-18/h4-10,12,18,20H,11H2,1-3H3,(H,21,22)/t18-/m1/s1. The number of ether oxygens (including phenoxy) is 2. The van der Waals surface area contributed by atoms with Gasteiger partial charge in [-0.25, -0.2) is 0 Å². The van der Waals surface area contributed by atoms with Gasteiger partial charge >= 0.3 is 0 Å². The van der Waals surface area contributed by atoms with Gasteiger partial charge in [0.1, 0.15) is 6.17 Å². The molecule has 0 aromatic heterocycles. The van der Waals surface area contributed by atoms with E-state index in [-0.39, 0.29) is 12.1 Å². The van der Waals surface area contributed by atoms with Crippen LogP contribution in [0.15, 0.2) is 42.5 Å². The molecule has 1 atom stereocenters. The van der Waals surface area contributed by atoms with Crippen LogP contribution in [-0.2, 0) is 0 Å². The highest BCUT2D eigenvalue weighted by Crippen LogP contribution is 2.33. The van der Waals surface area contributed by atoms with Gasteiger partial charge in [0.15, 0.2) is 11.5 Å². The topological polar surface area (TPSA) is 59.6 Å². The first-order valence-electron chi connectivity index (χ1n) is 8.05. The summed E-state index contributed by atoms with van der Waals surface area (Å²) in [6.45, 7) is 4.82. The molecule has 5 heteroatoms. The Morgan fingerprint density at radius 1 is 1.08 bits per heavy atom. The molecule has 1 amide bonds. The number of fused-ring (bicyclic) bond motifs is 1. The molecule has 0 unspecified atom stereocenters. The second-order valence-electron chi connectivity index (χ2n) is 6.21. The minimum absolute atomic E-state index is 0.0894. The number of carbonyl (C=O) groups is 1. The second kappa shape index (κ2) is 6.83. The zero-order valence-corrected chi connectivity index (χ0v) is 14.1. The van der Waals surface area contributed by atoms with Crippen molar-refractivity contribution in [3.8, 4) is 11.5 Å². The van der Waals surface area contributed by atoms with Crippen molar-refractivity contribution in [2.45, 2.75) is 20.0 Å². The van der Waals surface area contributed by atoms with Gasteiger partial charge in [-0.15, -0.1) is 0 Å². The minimum atomic E-state index is -0.305. The Balaban J connectivity index is 1.84. The molecule has 0 saturated heterocycles. The van der Waals surface area contributed by atoms with E-state index in [1.165, 1.54) is 0 Å². The molecule has 2 N–H and O–H groups in total. The summed E-state index contributed by atoms with van der Waals surface area (Å²) in [5, 5.41) is 6.30. The molecule has 0 aliphatic carbocycles. The lowest BCUT2D eigenvalue weighted by Gasteiger charge is -2.28. The lowest BCUT2D eigenvalue weighted by Crippen LogP contribution is -2.38. The van der Waals surface area contributed by atoms with E-state index in [2.05, 4.69) is 24.5 Å². The van der Waals surface area contributed by atoms with E-state index in [4.69, 9.17) is 9.47 Å². The summed E-state index contributed by atoms with van der Waals surface area (Å²) >= 11 is 0. The fourth-order valence-electron chi connectivity index (χ4n) is 2.61. The fourth-order valence-corrected chi connectivity index (χ4v) is 2.61. The van der Waals surface area contributed by atoms with Gasteiger partial charge in [0.25, 0.3) is 5.91 Å². The van der Waals surface area contributed by atoms with Crippen LogP contribution in [0.5, 0.6) is 11.5 Å². The van der Waals surface area contributed by atoms with E-state index in [0.29, 0.717) is 29.6 Å². The second-order valence-corrected chi connectivity index (χ2v) is 6.21. The molecular formula is C19H22N2O3. The molecule has 2 aromatic carbocycles. The summed E-state index contributed by atoms with van der Waals surface area (Å²) in [6.07, 6.45) is -0.305. The molecule has 1 heterocycles. The molecule has 1 aliphatic rings. The molecular weight excluding hydrogens is 304 g/mol.